The largest absolute Gasteiger partial charge is 1.00 e. The summed E-state index contributed by atoms with van der Waals surface area (Å²) in [4.78, 5) is 197. The van der Waals surface area contributed by atoms with Crippen molar-refractivity contribution in [3.05, 3.63) is 156 Å². The molecule has 0 saturated carbocycles. The molecule has 0 spiro atoms. The Hall–Kier alpha value is -10.8. The number of amides is 6. The van der Waals surface area contributed by atoms with Crippen LogP contribution in [0.5, 0.6) is 0 Å². The Morgan fingerprint density at radius 2 is 0.908 bits per heavy atom. The number of nitrogens with zero attached hydrogens (tertiary/aromatic N) is 3. The van der Waals surface area contributed by atoms with Gasteiger partial charge in [0.05, 0.1) is 59.1 Å². The van der Waals surface area contributed by atoms with Gasteiger partial charge in [0.2, 0.25) is 17.7 Å². The summed E-state index contributed by atoms with van der Waals surface area (Å²) in [7, 11) is 0. The van der Waals surface area contributed by atoms with Crippen LogP contribution in [0.25, 0.3) is 0 Å². The molecule has 37 heteroatoms. The quantitative estimate of drug-likeness (QED) is 0.0106. The van der Waals surface area contributed by atoms with Crippen molar-refractivity contribution in [2.75, 3.05) is 98.5 Å². The fourth-order valence-electron chi connectivity index (χ4n) is 9.38. The van der Waals surface area contributed by atoms with E-state index in [1.165, 1.54) is 23.6 Å². The number of hydrogen-bond donors (Lipinski definition) is 5. The minimum atomic E-state index is -1.23. The van der Waals surface area contributed by atoms with Gasteiger partial charge in [-0.2, -0.15) is 0 Å². The van der Waals surface area contributed by atoms with Crippen molar-refractivity contribution in [2.24, 2.45) is 11.7 Å². The standard InChI is InChI=1S/C22H32N2O6.2C17H20N2O6.C9H10O3.C9H16O3.C5H8O2.C3H7NO.ClH.Na.H2O/c1-3-29-21(27)13-15-24(16-18(2)25)20(26)12-8-5-9-14-23-22(28)30-17-19-10-6-4-7-11-19;1-2-24-16(22)13-9-19(10-14(13)20)15(21)8-18-17(23)25-11-12-6-4-3-5-7-12;1-2-24-16(22)15-13(20)8-9-19(15)14(21)10-18-17(23)25-11-12-6-4-3-5-7-12;10-6-9(11)12-7-8-4-2-1-3-5-8;1-3-12-9(11)7-5-4-6-8(2)10;1-3-5(6)7-4-2;1-3(5)2-4;;;/h4,6-7,10-11H,3,5,8-9,12-17H2,1-2H3,(H,23,28);3-7,13H,2,8-11H2,1H3,(H,18,23);3-7,15H,2,8-11H2,1H3,(H,18,23);1-5,10H,6-7H2;3-7H2,1-2H3;3H,1,4H2,2H3;2,4H2,1H3;1H;;1H2/q;;;;;;;;+1;/p-1. The molecule has 2 fully saturated rings. The van der Waals surface area contributed by atoms with Gasteiger partial charge in [-0.1, -0.05) is 134 Å². The molecule has 0 bridgehead atoms. The fraction of sp³-hybridized carbons (Fsp3) is 0.476. The van der Waals surface area contributed by atoms with E-state index in [0.29, 0.717) is 45.4 Å². The van der Waals surface area contributed by atoms with Crippen LogP contribution >= 0.6 is 12.4 Å². The first-order valence-electron chi connectivity index (χ1n) is 37.7. The Morgan fingerprint density at radius 1 is 0.496 bits per heavy atom. The summed E-state index contributed by atoms with van der Waals surface area (Å²) in [6, 6.07) is 35.7. The van der Waals surface area contributed by atoms with E-state index in [-0.39, 0.29) is 218 Å². The number of unbranched alkanes of at least 4 members (excludes halogenated alkanes) is 3. The number of ketones is 5. The topological polar surface area (TPSA) is 495 Å². The average Bonchev–Trinajstić information content (AvgIpc) is 1.69. The SMILES string of the molecule is C=CC(=O)OCC.CC(=O)CN.CCOC(=O)C1C(=O)CCN1C(=O)CNC(=O)OCc1ccccc1.CCOC(=O)C1CN(C(=O)CNC(=O)OCc2ccccc2)CC1=O.CCOC(=O)CCCCC(C)=O.CCOC(=O)CCN(CC(C)=O)C(=O)CCCCCNC(=O)OCc1ccccc1.Cl.O=C(CO)OCc1ccccc1.[Na+].[OH-]. The molecule has 119 heavy (non-hydrogen) atoms. The molecule has 0 radical (unpaired) electrons. The minimum Gasteiger partial charge on any atom is -0.870 e. The summed E-state index contributed by atoms with van der Waals surface area (Å²) in [5.74, 6) is -5.64. The zero-order valence-electron chi connectivity index (χ0n) is 69.3. The van der Waals surface area contributed by atoms with Crippen molar-refractivity contribution >= 4 is 113 Å². The van der Waals surface area contributed by atoms with Crippen molar-refractivity contribution in [2.45, 2.75) is 152 Å². The summed E-state index contributed by atoms with van der Waals surface area (Å²) in [5, 5.41) is 15.7. The molecular weight excluding hydrogens is 1590 g/mol. The third-order valence-electron chi connectivity index (χ3n) is 15.1. The second kappa shape index (κ2) is 72.4. The van der Waals surface area contributed by atoms with Gasteiger partial charge in [-0.05, 0) is 103 Å². The van der Waals surface area contributed by atoms with Crippen molar-refractivity contribution in [3.8, 4) is 0 Å². The van der Waals surface area contributed by atoms with Gasteiger partial charge in [0.25, 0.3) is 0 Å². The first-order valence-corrected chi connectivity index (χ1v) is 37.7. The molecule has 0 aromatic heterocycles. The van der Waals surface area contributed by atoms with Crippen molar-refractivity contribution in [1.29, 1.82) is 0 Å². The van der Waals surface area contributed by atoms with E-state index in [4.69, 9.17) is 44.0 Å². The number of nitrogens with one attached hydrogen (secondary N) is 3. The number of nitrogens with two attached hydrogens (primary N) is 1. The Bertz CT molecular complexity index is 3680. The van der Waals surface area contributed by atoms with Crippen molar-refractivity contribution in [1.82, 2.24) is 30.7 Å². The number of hydrogen-bond acceptors (Lipinski definition) is 29. The molecule has 2 aliphatic heterocycles. The van der Waals surface area contributed by atoms with Gasteiger partial charge >= 0.3 is 83.7 Å². The summed E-state index contributed by atoms with van der Waals surface area (Å²) in [6.07, 6.45) is 4.26. The molecule has 35 nitrogen and oxygen atoms in total. The minimum absolute atomic E-state index is 0. The summed E-state index contributed by atoms with van der Waals surface area (Å²) < 4.78 is 43.4. The van der Waals surface area contributed by atoms with Crippen LogP contribution < -0.4 is 51.2 Å². The molecule has 2 saturated heterocycles. The number of esters is 6. The molecule has 0 aliphatic carbocycles. The molecule has 2 aliphatic rings. The third kappa shape index (κ3) is 58.7. The van der Waals surface area contributed by atoms with E-state index in [2.05, 4.69) is 32.0 Å². The Labute approximate surface area is 722 Å². The van der Waals surface area contributed by atoms with E-state index < -0.39 is 66.6 Å². The summed E-state index contributed by atoms with van der Waals surface area (Å²) >= 11 is 0. The van der Waals surface area contributed by atoms with E-state index in [9.17, 15) is 81.5 Å². The van der Waals surface area contributed by atoms with Gasteiger partial charge in [0.15, 0.2) is 17.6 Å². The van der Waals surface area contributed by atoms with E-state index in [1.807, 2.05) is 109 Å². The molecule has 2 heterocycles. The molecule has 2 atom stereocenters. The van der Waals surface area contributed by atoms with Gasteiger partial charge in [0.1, 0.15) is 69.4 Å². The van der Waals surface area contributed by atoms with Crippen LogP contribution in [0.4, 0.5) is 14.4 Å². The number of ether oxygens (including phenoxy) is 9. The van der Waals surface area contributed by atoms with Gasteiger partial charge in [-0.15, -0.1) is 12.4 Å². The van der Waals surface area contributed by atoms with Gasteiger partial charge in [-0.3, -0.25) is 47.9 Å². The first kappa shape index (κ1) is 115. The number of aliphatic hydroxyl groups excluding tert-OH is 1. The van der Waals surface area contributed by atoms with Crippen LogP contribution in [0.3, 0.4) is 0 Å². The van der Waals surface area contributed by atoms with Crippen molar-refractivity contribution < 1.29 is 164 Å². The monoisotopic (exact) mass is 1700 g/mol. The molecule has 654 valence electrons. The Kier molecular flexibility index (Phi) is 69.7. The zero-order chi connectivity index (χ0) is 86.9. The van der Waals surface area contributed by atoms with Gasteiger partial charge < -0.3 is 94.4 Å². The molecule has 6 rings (SSSR count). The maximum Gasteiger partial charge on any atom is 1.00 e. The predicted molar refractivity (Wildman–Crippen MR) is 429 cm³/mol. The number of likely N-dealkylation sites (tertiary alicyclic amines) is 2. The number of benzene rings is 4. The zero-order valence-corrected chi connectivity index (χ0v) is 72.1. The number of carbonyl (C=O) groups excluding carboxylic acids is 17. The van der Waals surface area contributed by atoms with Crippen LogP contribution in [-0.2, 0) is 136 Å². The first-order chi connectivity index (χ1) is 55.5. The summed E-state index contributed by atoms with van der Waals surface area (Å²) in [6.45, 7) is 17.7. The van der Waals surface area contributed by atoms with E-state index >= 15 is 0 Å². The van der Waals surface area contributed by atoms with Crippen LogP contribution in [0.1, 0.15) is 142 Å². The van der Waals surface area contributed by atoms with Gasteiger partial charge in [-0.25, -0.2) is 28.8 Å². The van der Waals surface area contributed by atoms with Crippen LogP contribution in [0, 0.1) is 5.92 Å². The number of aliphatic hydroxyl groups is 1. The number of carbonyl (C=O) groups is 17. The molecular formula is C82H115ClN7NaO28. The number of alkyl carbamates (subject to hydrolysis) is 3. The average molecular weight is 1710 g/mol. The Balaban J connectivity index is -0.000000686. The molecule has 4 aromatic carbocycles. The second-order valence-corrected chi connectivity index (χ2v) is 24.6. The normalized spacial score (nSPS) is 12.2. The smallest absolute Gasteiger partial charge is 0.870 e. The van der Waals surface area contributed by atoms with Gasteiger partial charge in [0, 0.05) is 57.9 Å². The number of rotatable bonds is 38. The van der Waals surface area contributed by atoms with Crippen LogP contribution in [-0.4, -0.2) is 231 Å². The predicted octanol–water partition coefficient (Wildman–Crippen LogP) is 3.93. The second-order valence-electron chi connectivity index (χ2n) is 24.6. The molecule has 6 amide bonds. The molecule has 4 aromatic rings. The maximum absolute atomic E-state index is 12.3. The molecule has 2 unspecified atom stereocenters. The van der Waals surface area contributed by atoms with Crippen LogP contribution in [0.15, 0.2) is 134 Å². The fourth-order valence-corrected chi connectivity index (χ4v) is 9.38. The van der Waals surface area contributed by atoms with E-state index in [1.54, 1.807) is 53.7 Å². The van der Waals surface area contributed by atoms with E-state index in [0.717, 1.165) is 52.5 Å². The number of halogens is 1. The summed E-state index contributed by atoms with van der Waals surface area (Å²) in [5.41, 5.74) is 8.30. The van der Waals surface area contributed by atoms with Crippen molar-refractivity contribution in [3.63, 3.8) is 0 Å². The maximum atomic E-state index is 12.3. The number of Topliss-reactive ketones (excluding diaryl/α,β-unsaturated/α-hetero) is 5. The Morgan fingerprint density at radius 3 is 1.32 bits per heavy atom. The molecule has 7 N–H and O–H groups in total. The third-order valence-corrected chi connectivity index (χ3v) is 15.1. The van der Waals surface area contributed by atoms with Crippen LogP contribution in [0.2, 0.25) is 0 Å².